The third-order valence-corrected chi connectivity index (χ3v) is 21.7. The fraction of sp³-hybridized carbons (Fsp3) is 0.750. The summed E-state index contributed by atoms with van der Waals surface area (Å²) in [6.45, 7) is 19.1. The molecular weight excluding hydrogens is 700 g/mol. The van der Waals surface area contributed by atoms with E-state index in [-0.39, 0.29) is 31.7 Å². The number of hydrogen-bond donors (Lipinski definition) is 0. The Morgan fingerprint density at radius 2 is 0.500 bits per heavy atom. The Hall–Kier alpha value is 0.160. The zero-order valence-electron chi connectivity index (χ0n) is 36.1. The van der Waals surface area contributed by atoms with Crippen LogP contribution in [0.3, 0.4) is 0 Å². The third kappa shape index (κ3) is 19.8. The monoisotopic (exact) mass is 787 g/mol. The molecule has 0 N–H and O–H groups in total. The van der Waals surface area contributed by atoms with Gasteiger partial charge in [0.05, 0.1) is 0 Å². The molecule has 0 saturated heterocycles. The second-order valence-corrected chi connectivity index (χ2v) is 26.1. The van der Waals surface area contributed by atoms with Gasteiger partial charge in [-0.2, -0.15) is 0 Å². The van der Waals surface area contributed by atoms with Gasteiger partial charge in [-0.3, -0.25) is 0 Å². The minimum absolute atomic E-state index is 0.0629. The van der Waals surface area contributed by atoms with Crippen molar-refractivity contribution in [1.82, 2.24) is 0 Å². The lowest BCUT2D eigenvalue weighted by molar-refractivity contribution is 0.863. The third-order valence-electron chi connectivity index (χ3n) is 10.9. The molecule has 0 aliphatic carbocycles. The van der Waals surface area contributed by atoms with Crippen molar-refractivity contribution in [2.45, 2.75) is 183 Å². The normalized spacial score (nSPS) is 12.0. The van der Waals surface area contributed by atoms with Crippen LogP contribution in [0.5, 0.6) is 0 Å². The van der Waals surface area contributed by atoms with Crippen molar-refractivity contribution in [3.05, 3.63) is 58.7 Å². The van der Waals surface area contributed by atoms with Crippen molar-refractivity contribution in [2.75, 3.05) is 49.3 Å². The molecule has 0 saturated carbocycles. The quantitative estimate of drug-likeness (QED) is 0.0632. The van der Waals surface area contributed by atoms with E-state index < -0.39 is 0 Å². The van der Waals surface area contributed by atoms with Crippen molar-refractivity contribution in [2.24, 2.45) is 0 Å². The molecule has 2 aromatic carbocycles. The standard InChI is InChI=1S/C48H86P4/c1-9-17-29-49(30-18-10-2)39-45-27-25-43(37-47(45)41-51(33-21-13-5)34-22-14-6)44-26-28-46(40-50(31-19-11-3)32-20-12-4)48(38-44)42-52(35-23-15-7)36-24-16-8/h25-28,37-38H,9-24,29-36,39-42H2,1-8H3. The number of rotatable bonds is 33. The minimum atomic E-state index is 0.0629. The Labute approximate surface area is 332 Å². The molecule has 0 aliphatic heterocycles. The van der Waals surface area contributed by atoms with Crippen LogP contribution in [0.25, 0.3) is 11.1 Å². The van der Waals surface area contributed by atoms with Crippen LogP contribution in [0.15, 0.2) is 36.4 Å². The summed E-state index contributed by atoms with van der Waals surface area (Å²) in [7, 11) is 0.300. The first-order valence-corrected chi connectivity index (χ1v) is 30.2. The van der Waals surface area contributed by atoms with E-state index in [4.69, 9.17) is 0 Å². The first-order chi connectivity index (χ1) is 25.5. The summed E-state index contributed by atoms with van der Waals surface area (Å²) in [5.74, 6) is 0. The highest BCUT2D eigenvalue weighted by Crippen LogP contribution is 2.49. The summed E-state index contributed by atoms with van der Waals surface area (Å²) in [5.41, 5.74) is 9.92. The number of benzene rings is 2. The zero-order valence-corrected chi connectivity index (χ0v) is 39.6. The molecule has 0 fully saturated rings. The largest absolute Gasteiger partial charge is 0.102 e. The van der Waals surface area contributed by atoms with Crippen LogP contribution in [0.2, 0.25) is 0 Å². The fourth-order valence-corrected chi connectivity index (χ4v) is 18.7. The first kappa shape index (κ1) is 48.3. The van der Waals surface area contributed by atoms with Gasteiger partial charge in [0.15, 0.2) is 0 Å². The van der Waals surface area contributed by atoms with Gasteiger partial charge >= 0.3 is 0 Å². The van der Waals surface area contributed by atoms with Crippen LogP contribution in [0.1, 0.15) is 180 Å². The predicted molar refractivity (Wildman–Crippen MR) is 253 cm³/mol. The summed E-state index contributed by atoms with van der Waals surface area (Å²) >= 11 is 0. The van der Waals surface area contributed by atoms with Crippen LogP contribution >= 0.6 is 31.7 Å². The van der Waals surface area contributed by atoms with Gasteiger partial charge in [-0.05, 0) is 159 Å². The van der Waals surface area contributed by atoms with Gasteiger partial charge in [0, 0.05) is 0 Å². The maximum absolute atomic E-state index is 2.72. The molecule has 4 heteroatoms. The molecule has 2 rings (SSSR count). The van der Waals surface area contributed by atoms with E-state index in [2.05, 4.69) is 91.8 Å². The van der Waals surface area contributed by atoms with Gasteiger partial charge in [-0.1, -0.05) is 143 Å². The van der Waals surface area contributed by atoms with E-state index in [0.29, 0.717) is 0 Å². The van der Waals surface area contributed by atoms with Gasteiger partial charge in [0.1, 0.15) is 0 Å². The molecule has 0 amide bonds. The van der Waals surface area contributed by atoms with E-state index in [9.17, 15) is 0 Å². The Bertz CT molecular complexity index is 1020. The topological polar surface area (TPSA) is 0 Å². The number of unbranched alkanes of at least 4 members (excludes halogenated alkanes) is 8. The van der Waals surface area contributed by atoms with Crippen LogP contribution in [0.4, 0.5) is 0 Å². The molecule has 0 radical (unpaired) electrons. The van der Waals surface area contributed by atoms with Gasteiger partial charge in [-0.25, -0.2) is 0 Å². The minimum Gasteiger partial charge on any atom is -0.102 e. The molecule has 0 bridgehead atoms. The van der Waals surface area contributed by atoms with E-state index in [0.717, 1.165) is 0 Å². The lowest BCUT2D eigenvalue weighted by Gasteiger charge is -2.25. The fourth-order valence-electron chi connectivity index (χ4n) is 7.31. The highest BCUT2D eigenvalue weighted by Gasteiger charge is 2.19. The van der Waals surface area contributed by atoms with Gasteiger partial charge in [0.2, 0.25) is 0 Å². The molecule has 0 aliphatic rings. The lowest BCUT2D eigenvalue weighted by Crippen LogP contribution is -2.03. The van der Waals surface area contributed by atoms with Crippen molar-refractivity contribution in [1.29, 1.82) is 0 Å². The molecule has 52 heavy (non-hydrogen) atoms. The Morgan fingerprint density at radius 3 is 0.712 bits per heavy atom. The smallest absolute Gasteiger partial charge is 0.00700 e. The van der Waals surface area contributed by atoms with Crippen LogP contribution in [-0.2, 0) is 24.6 Å². The average Bonchev–Trinajstić information content (AvgIpc) is 3.16. The highest BCUT2D eigenvalue weighted by molar-refractivity contribution is 7.57. The van der Waals surface area contributed by atoms with E-state index in [1.165, 1.54) is 188 Å². The lowest BCUT2D eigenvalue weighted by atomic mass is 9.97. The van der Waals surface area contributed by atoms with Crippen LogP contribution < -0.4 is 0 Å². The van der Waals surface area contributed by atoms with Crippen molar-refractivity contribution in [3.63, 3.8) is 0 Å². The summed E-state index contributed by atoms with van der Waals surface area (Å²) in [6.07, 6.45) is 39.2. The maximum atomic E-state index is 2.72. The second kappa shape index (κ2) is 31.3. The maximum Gasteiger partial charge on any atom is -0.00700 e. The molecule has 0 heterocycles. The van der Waals surface area contributed by atoms with E-state index in [1.807, 2.05) is 0 Å². The van der Waals surface area contributed by atoms with E-state index in [1.54, 1.807) is 22.3 Å². The molecular formula is C48H86P4. The summed E-state index contributed by atoms with van der Waals surface area (Å²) in [6, 6.07) is 15.8. The van der Waals surface area contributed by atoms with Crippen molar-refractivity contribution in [3.8, 4) is 11.1 Å². The van der Waals surface area contributed by atoms with Crippen molar-refractivity contribution >= 4 is 31.7 Å². The highest BCUT2D eigenvalue weighted by atomic mass is 31.1. The van der Waals surface area contributed by atoms with Gasteiger partial charge in [-0.15, -0.1) is 31.7 Å². The molecule has 298 valence electrons. The Morgan fingerprint density at radius 1 is 0.288 bits per heavy atom. The van der Waals surface area contributed by atoms with Gasteiger partial charge < -0.3 is 0 Å². The molecule has 0 unspecified atom stereocenters. The van der Waals surface area contributed by atoms with Crippen molar-refractivity contribution < 1.29 is 0 Å². The Balaban J connectivity index is 2.62. The SMILES string of the molecule is CCCCP(CCCC)Cc1ccc(-c2ccc(CP(CCCC)CCCC)c(CP(CCCC)CCCC)c2)cc1CP(CCCC)CCCC. The van der Waals surface area contributed by atoms with Gasteiger partial charge in [0.25, 0.3) is 0 Å². The number of hydrogen-bond acceptors (Lipinski definition) is 0. The van der Waals surface area contributed by atoms with Crippen LogP contribution in [-0.4, -0.2) is 49.3 Å². The molecule has 0 nitrogen and oxygen atoms in total. The molecule has 0 aromatic heterocycles. The summed E-state index contributed by atoms with van der Waals surface area (Å²) in [5, 5.41) is 0. The Kier molecular flexibility index (Phi) is 29.0. The summed E-state index contributed by atoms with van der Waals surface area (Å²) < 4.78 is 0. The first-order valence-electron chi connectivity index (χ1n) is 22.6. The zero-order chi connectivity index (χ0) is 37.8. The van der Waals surface area contributed by atoms with Crippen LogP contribution in [0, 0.1) is 0 Å². The molecule has 0 atom stereocenters. The predicted octanol–water partition coefficient (Wildman–Crippen LogP) is 17.7. The molecule has 2 aromatic rings. The average molecular weight is 787 g/mol. The molecule has 0 spiro atoms. The second-order valence-electron chi connectivity index (χ2n) is 15.9. The summed E-state index contributed by atoms with van der Waals surface area (Å²) in [4.78, 5) is 0. The van der Waals surface area contributed by atoms with E-state index >= 15 is 0 Å².